The minimum absolute atomic E-state index is 0.213. The second-order valence-electron chi connectivity index (χ2n) is 5.72. The number of carbonyl (C=O) groups excluding carboxylic acids is 1. The maximum absolute atomic E-state index is 12.4. The first-order valence-electron chi connectivity index (χ1n) is 7.95. The molecule has 3 aromatic rings. The van der Waals surface area contributed by atoms with Crippen LogP contribution in [0.5, 0.6) is 5.75 Å². The highest BCUT2D eigenvalue weighted by molar-refractivity contribution is 6.01. The van der Waals surface area contributed by atoms with Crippen molar-refractivity contribution < 1.29 is 13.9 Å². The number of para-hydroxylation sites is 1. The molecule has 0 unspecified atom stereocenters. The van der Waals surface area contributed by atoms with Gasteiger partial charge in [0.25, 0.3) is 5.91 Å². The van der Waals surface area contributed by atoms with Crippen molar-refractivity contribution in [2.75, 3.05) is 13.7 Å². The molecule has 2 aromatic heterocycles. The van der Waals surface area contributed by atoms with Crippen LogP contribution in [0.1, 0.15) is 28.4 Å². The number of hydrogen-bond donors (Lipinski definition) is 1. The molecule has 0 aliphatic rings. The molecule has 6 nitrogen and oxygen atoms in total. The van der Waals surface area contributed by atoms with E-state index in [2.05, 4.69) is 10.4 Å². The summed E-state index contributed by atoms with van der Waals surface area (Å²) in [5.74, 6) is 0.419. The van der Waals surface area contributed by atoms with E-state index in [1.807, 2.05) is 48.9 Å². The van der Waals surface area contributed by atoms with E-state index in [1.54, 1.807) is 0 Å². The third-order valence-corrected chi connectivity index (χ3v) is 3.90. The van der Waals surface area contributed by atoms with E-state index in [0.29, 0.717) is 17.9 Å². The third-order valence-electron chi connectivity index (χ3n) is 3.90. The Labute approximate surface area is 140 Å². The minimum atomic E-state index is -0.267. The Bertz CT molecular complexity index is 864. The van der Waals surface area contributed by atoms with E-state index in [9.17, 15) is 4.79 Å². The fraction of sp³-hybridized carbons (Fsp3) is 0.333. The normalized spacial score (nSPS) is 11.0. The molecule has 0 radical (unpaired) electrons. The van der Waals surface area contributed by atoms with Crippen molar-refractivity contribution in [3.63, 3.8) is 0 Å². The predicted octanol–water partition coefficient (Wildman–Crippen LogP) is 3.07. The van der Waals surface area contributed by atoms with Crippen LogP contribution >= 0.6 is 0 Å². The van der Waals surface area contributed by atoms with Crippen molar-refractivity contribution in [1.29, 1.82) is 0 Å². The first kappa shape index (κ1) is 16.1. The van der Waals surface area contributed by atoms with Crippen LogP contribution in [0.3, 0.4) is 0 Å². The number of aryl methyl sites for hydroxylation is 3. The molecule has 3 rings (SSSR count). The lowest BCUT2D eigenvalue weighted by Crippen LogP contribution is -2.25. The molecule has 0 aliphatic carbocycles. The van der Waals surface area contributed by atoms with Gasteiger partial charge in [0.2, 0.25) is 5.76 Å². The van der Waals surface area contributed by atoms with Crippen molar-refractivity contribution in [3.05, 3.63) is 47.5 Å². The standard InChI is InChI=1S/C18H21N3O3/c1-12-11-13(2)21(20-12)10-6-9-19-18(22)17-16(23-3)14-7-4-5-8-15(14)24-17/h4-5,7-8,11H,6,9-10H2,1-3H3,(H,19,22). The number of nitrogens with zero attached hydrogens (tertiary/aromatic N) is 2. The van der Waals surface area contributed by atoms with Gasteiger partial charge in [-0.05, 0) is 38.5 Å². The second kappa shape index (κ2) is 6.78. The number of amides is 1. The molecule has 1 amide bonds. The molecule has 0 spiro atoms. The predicted molar refractivity (Wildman–Crippen MR) is 91.4 cm³/mol. The number of carbonyl (C=O) groups is 1. The summed E-state index contributed by atoms with van der Waals surface area (Å²) >= 11 is 0. The summed E-state index contributed by atoms with van der Waals surface area (Å²) < 4.78 is 12.9. The fourth-order valence-electron chi connectivity index (χ4n) is 2.79. The van der Waals surface area contributed by atoms with Gasteiger partial charge in [0.05, 0.1) is 18.2 Å². The minimum Gasteiger partial charge on any atom is -0.492 e. The van der Waals surface area contributed by atoms with Gasteiger partial charge in [-0.25, -0.2) is 0 Å². The number of ether oxygens (including phenoxy) is 1. The number of fused-ring (bicyclic) bond motifs is 1. The molecule has 0 aliphatic heterocycles. The summed E-state index contributed by atoms with van der Waals surface area (Å²) in [5, 5.41) is 8.08. The number of nitrogens with one attached hydrogen (secondary N) is 1. The van der Waals surface area contributed by atoms with E-state index >= 15 is 0 Å². The fourth-order valence-corrected chi connectivity index (χ4v) is 2.79. The number of furan rings is 1. The molecule has 0 atom stereocenters. The van der Waals surface area contributed by atoms with Crippen molar-refractivity contribution in [2.24, 2.45) is 0 Å². The zero-order valence-electron chi connectivity index (χ0n) is 14.1. The molecule has 0 bridgehead atoms. The monoisotopic (exact) mass is 327 g/mol. The maximum Gasteiger partial charge on any atom is 0.290 e. The molecule has 0 saturated carbocycles. The van der Waals surface area contributed by atoms with Crippen LogP contribution in [0.25, 0.3) is 11.0 Å². The van der Waals surface area contributed by atoms with Gasteiger partial charge in [0.1, 0.15) is 5.58 Å². The molecule has 0 saturated heterocycles. The summed E-state index contributed by atoms with van der Waals surface area (Å²) in [6.45, 7) is 5.30. The van der Waals surface area contributed by atoms with Gasteiger partial charge in [-0.15, -0.1) is 0 Å². The van der Waals surface area contributed by atoms with E-state index in [1.165, 1.54) is 7.11 Å². The average Bonchev–Trinajstić information content (AvgIpc) is 3.10. The first-order valence-corrected chi connectivity index (χ1v) is 7.95. The highest BCUT2D eigenvalue weighted by atomic mass is 16.5. The van der Waals surface area contributed by atoms with Crippen molar-refractivity contribution in [1.82, 2.24) is 15.1 Å². The van der Waals surface area contributed by atoms with Gasteiger partial charge < -0.3 is 14.5 Å². The maximum atomic E-state index is 12.4. The van der Waals surface area contributed by atoms with Crippen LogP contribution in [0.2, 0.25) is 0 Å². The molecule has 2 heterocycles. The van der Waals surface area contributed by atoms with Gasteiger partial charge in [-0.3, -0.25) is 9.48 Å². The van der Waals surface area contributed by atoms with E-state index in [0.717, 1.165) is 29.7 Å². The van der Waals surface area contributed by atoms with Crippen molar-refractivity contribution in [2.45, 2.75) is 26.8 Å². The number of benzene rings is 1. The Kier molecular flexibility index (Phi) is 4.55. The smallest absolute Gasteiger partial charge is 0.290 e. The molecule has 1 N–H and O–H groups in total. The summed E-state index contributed by atoms with van der Waals surface area (Å²) in [5.41, 5.74) is 2.77. The van der Waals surface area contributed by atoms with E-state index < -0.39 is 0 Å². The van der Waals surface area contributed by atoms with Gasteiger partial charge >= 0.3 is 0 Å². The van der Waals surface area contributed by atoms with Crippen LogP contribution in [0.4, 0.5) is 0 Å². The Morgan fingerprint density at radius 1 is 1.33 bits per heavy atom. The summed E-state index contributed by atoms with van der Waals surface area (Å²) in [6, 6.07) is 9.48. The lowest BCUT2D eigenvalue weighted by molar-refractivity contribution is 0.0923. The number of aromatic nitrogens is 2. The third kappa shape index (κ3) is 3.13. The lowest BCUT2D eigenvalue weighted by Gasteiger charge is -2.06. The second-order valence-corrected chi connectivity index (χ2v) is 5.72. The van der Waals surface area contributed by atoms with Crippen LogP contribution in [0.15, 0.2) is 34.7 Å². The average molecular weight is 327 g/mol. The number of methoxy groups -OCH3 is 1. The van der Waals surface area contributed by atoms with Gasteiger partial charge in [-0.1, -0.05) is 12.1 Å². The molecular weight excluding hydrogens is 306 g/mol. The molecular formula is C18H21N3O3. The van der Waals surface area contributed by atoms with E-state index in [4.69, 9.17) is 9.15 Å². The highest BCUT2D eigenvalue weighted by Crippen LogP contribution is 2.32. The Hall–Kier alpha value is -2.76. The molecule has 126 valence electrons. The highest BCUT2D eigenvalue weighted by Gasteiger charge is 2.20. The van der Waals surface area contributed by atoms with Crippen LogP contribution in [0, 0.1) is 13.8 Å². The lowest BCUT2D eigenvalue weighted by atomic mass is 10.2. The molecule has 1 aromatic carbocycles. The van der Waals surface area contributed by atoms with Crippen LogP contribution < -0.4 is 10.1 Å². The van der Waals surface area contributed by atoms with Crippen molar-refractivity contribution >= 4 is 16.9 Å². The van der Waals surface area contributed by atoms with Crippen LogP contribution in [-0.4, -0.2) is 29.3 Å². The summed E-state index contributed by atoms with van der Waals surface area (Å²) in [6.07, 6.45) is 0.788. The summed E-state index contributed by atoms with van der Waals surface area (Å²) in [4.78, 5) is 12.4. The van der Waals surface area contributed by atoms with E-state index in [-0.39, 0.29) is 11.7 Å². The Morgan fingerprint density at radius 3 is 2.83 bits per heavy atom. The van der Waals surface area contributed by atoms with Crippen LogP contribution in [-0.2, 0) is 6.54 Å². The number of rotatable bonds is 6. The van der Waals surface area contributed by atoms with Crippen molar-refractivity contribution in [3.8, 4) is 5.75 Å². The topological polar surface area (TPSA) is 69.3 Å². The molecule has 6 heteroatoms. The summed E-state index contributed by atoms with van der Waals surface area (Å²) in [7, 11) is 1.54. The Morgan fingerprint density at radius 2 is 2.12 bits per heavy atom. The molecule has 0 fully saturated rings. The number of hydrogen-bond acceptors (Lipinski definition) is 4. The van der Waals surface area contributed by atoms with Gasteiger partial charge in [-0.2, -0.15) is 5.10 Å². The SMILES string of the molecule is COc1c(C(=O)NCCCn2nc(C)cc2C)oc2ccccc12. The zero-order valence-corrected chi connectivity index (χ0v) is 14.1. The quantitative estimate of drug-likeness (QED) is 0.706. The molecule has 24 heavy (non-hydrogen) atoms. The van der Waals surface area contributed by atoms with Gasteiger partial charge in [0.15, 0.2) is 5.75 Å². The van der Waals surface area contributed by atoms with Gasteiger partial charge in [0, 0.05) is 18.8 Å². The zero-order chi connectivity index (χ0) is 17.1. The first-order chi connectivity index (χ1) is 11.6. The Balaban J connectivity index is 1.62. The largest absolute Gasteiger partial charge is 0.492 e.